The maximum absolute atomic E-state index is 9.92. The zero-order valence-corrected chi connectivity index (χ0v) is 14.3. The summed E-state index contributed by atoms with van der Waals surface area (Å²) in [6, 6.07) is 8.68. The van der Waals surface area contributed by atoms with Crippen LogP contribution < -0.4 is 5.32 Å². The van der Waals surface area contributed by atoms with Crippen molar-refractivity contribution in [1.29, 1.82) is 0 Å². The monoisotopic (exact) mass is 295 g/mol. The van der Waals surface area contributed by atoms with Gasteiger partial charge in [0, 0.05) is 17.2 Å². The number of rotatable bonds is 7. The van der Waals surface area contributed by atoms with Gasteiger partial charge in [0.2, 0.25) is 0 Å². The third kappa shape index (κ3) is 6.78. The Balaban J connectivity index is 2.34. The van der Waals surface area contributed by atoms with Gasteiger partial charge in [-0.1, -0.05) is 46.8 Å². The molecule has 0 bridgehead atoms. The molecule has 0 amide bonds. The van der Waals surface area contributed by atoms with E-state index in [9.17, 15) is 5.11 Å². The standard InChI is InChI=1S/C17H29NOS/c1-13(2)10-18-11-15(19)12-20-16-8-6-14(7-9-16)17(3,4)5/h6-9,13,15,18-19H,10-12H2,1-5H3. The molecule has 0 aromatic heterocycles. The van der Waals surface area contributed by atoms with Crippen molar-refractivity contribution < 1.29 is 5.11 Å². The molecule has 1 aromatic carbocycles. The summed E-state index contributed by atoms with van der Waals surface area (Å²) in [7, 11) is 0. The van der Waals surface area contributed by atoms with Crippen molar-refractivity contribution in [1.82, 2.24) is 5.32 Å². The minimum atomic E-state index is -0.291. The molecule has 0 fully saturated rings. The molecule has 0 aliphatic heterocycles. The van der Waals surface area contributed by atoms with Crippen LogP contribution >= 0.6 is 11.8 Å². The van der Waals surface area contributed by atoms with Crippen molar-refractivity contribution in [2.24, 2.45) is 5.92 Å². The largest absolute Gasteiger partial charge is 0.391 e. The zero-order valence-electron chi connectivity index (χ0n) is 13.4. The third-order valence-corrected chi connectivity index (χ3v) is 4.25. The average Bonchev–Trinajstić information content (AvgIpc) is 2.35. The van der Waals surface area contributed by atoms with Crippen molar-refractivity contribution in [2.45, 2.75) is 51.0 Å². The molecule has 1 rings (SSSR count). The van der Waals surface area contributed by atoms with Crippen LogP contribution in [0.5, 0.6) is 0 Å². The highest BCUT2D eigenvalue weighted by atomic mass is 32.2. The third-order valence-electron chi connectivity index (χ3n) is 3.10. The lowest BCUT2D eigenvalue weighted by atomic mass is 9.87. The molecule has 0 radical (unpaired) electrons. The van der Waals surface area contributed by atoms with Crippen LogP contribution in [0, 0.1) is 5.92 Å². The maximum atomic E-state index is 9.92. The first-order chi connectivity index (χ1) is 9.29. The molecule has 0 saturated heterocycles. The van der Waals surface area contributed by atoms with E-state index in [1.54, 1.807) is 11.8 Å². The van der Waals surface area contributed by atoms with E-state index in [-0.39, 0.29) is 11.5 Å². The smallest absolute Gasteiger partial charge is 0.0758 e. The predicted molar refractivity (Wildman–Crippen MR) is 89.6 cm³/mol. The van der Waals surface area contributed by atoms with E-state index < -0.39 is 0 Å². The summed E-state index contributed by atoms with van der Waals surface area (Å²) < 4.78 is 0. The van der Waals surface area contributed by atoms with Gasteiger partial charge in [-0.3, -0.25) is 0 Å². The summed E-state index contributed by atoms with van der Waals surface area (Å²) in [4.78, 5) is 1.22. The van der Waals surface area contributed by atoms with E-state index in [1.807, 2.05) is 0 Å². The second-order valence-electron chi connectivity index (χ2n) is 6.79. The number of hydrogen-bond donors (Lipinski definition) is 2. The molecular weight excluding hydrogens is 266 g/mol. The van der Waals surface area contributed by atoms with Crippen LogP contribution in [-0.4, -0.2) is 30.1 Å². The molecule has 20 heavy (non-hydrogen) atoms. The van der Waals surface area contributed by atoms with Crippen LogP contribution in [0.15, 0.2) is 29.2 Å². The first-order valence-electron chi connectivity index (χ1n) is 7.41. The number of aliphatic hydroxyl groups excluding tert-OH is 1. The molecule has 2 nitrogen and oxygen atoms in total. The molecule has 0 aliphatic rings. The Bertz CT molecular complexity index is 381. The van der Waals surface area contributed by atoms with Gasteiger partial charge < -0.3 is 10.4 Å². The molecule has 3 heteroatoms. The summed E-state index contributed by atoms with van der Waals surface area (Å²) in [5.74, 6) is 1.36. The van der Waals surface area contributed by atoms with E-state index in [0.717, 1.165) is 12.3 Å². The van der Waals surface area contributed by atoms with Gasteiger partial charge in [-0.05, 0) is 35.6 Å². The van der Waals surface area contributed by atoms with E-state index in [2.05, 4.69) is 64.2 Å². The van der Waals surface area contributed by atoms with E-state index >= 15 is 0 Å². The van der Waals surface area contributed by atoms with Crippen LogP contribution in [0.25, 0.3) is 0 Å². The Hall–Kier alpha value is -0.510. The fraction of sp³-hybridized carbons (Fsp3) is 0.647. The predicted octanol–water partition coefficient (Wildman–Crippen LogP) is 3.68. The summed E-state index contributed by atoms with van der Waals surface area (Å²) in [6.45, 7) is 12.6. The average molecular weight is 295 g/mol. The van der Waals surface area contributed by atoms with Crippen molar-refractivity contribution in [3.63, 3.8) is 0 Å². The van der Waals surface area contributed by atoms with Crippen molar-refractivity contribution >= 4 is 11.8 Å². The summed E-state index contributed by atoms with van der Waals surface area (Å²) in [5.41, 5.74) is 1.55. The lowest BCUT2D eigenvalue weighted by molar-refractivity contribution is 0.194. The van der Waals surface area contributed by atoms with E-state index in [1.165, 1.54) is 10.5 Å². The first kappa shape index (κ1) is 17.5. The van der Waals surface area contributed by atoms with E-state index in [4.69, 9.17) is 0 Å². The number of benzene rings is 1. The fourth-order valence-corrected chi connectivity index (χ4v) is 2.67. The van der Waals surface area contributed by atoms with E-state index in [0.29, 0.717) is 12.5 Å². The van der Waals surface area contributed by atoms with Gasteiger partial charge in [-0.2, -0.15) is 0 Å². The van der Waals surface area contributed by atoms with Crippen LogP contribution in [0.1, 0.15) is 40.2 Å². The highest BCUT2D eigenvalue weighted by Gasteiger charge is 2.13. The topological polar surface area (TPSA) is 32.3 Å². The van der Waals surface area contributed by atoms with Crippen molar-refractivity contribution in [2.75, 3.05) is 18.8 Å². The maximum Gasteiger partial charge on any atom is 0.0758 e. The fourth-order valence-electron chi connectivity index (χ4n) is 1.84. The van der Waals surface area contributed by atoms with Crippen LogP contribution in [-0.2, 0) is 5.41 Å². The molecule has 1 unspecified atom stereocenters. The number of thioether (sulfide) groups is 1. The summed E-state index contributed by atoms with van der Waals surface area (Å²) in [6.07, 6.45) is -0.291. The van der Waals surface area contributed by atoms with Gasteiger partial charge in [0.05, 0.1) is 6.10 Å². The van der Waals surface area contributed by atoms with Gasteiger partial charge in [0.25, 0.3) is 0 Å². The van der Waals surface area contributed by atoms with Crippen LogP contribution in [0.3, 0.4) is 0 Å². The van der Waals surface area contributed by atoms with Gasteiger partial charge >= 0.3 is 0 Å². The molecule has 0 aliphatic carbocycles. The van der Waals surface area contributed by atoms with Gasteiger partial charge in [-0.15, -0.1) is 11.8 Å². The Morgan fingerprint density at radius 3 is 2.20 bits per heavy atom. The molecule has 0 saturated carbocycles. The molecular formula is C17H29NOS. The molecule has 0 spiro atoms. The molecule has 1 aromatic rings. The molecule has 1 atom stereocenters. The minimum Gasteiger partial charge on any atom is -0.391 e. The summed E-state index contributed by atoms with van der Waals surface area (Å²) >= 11 is 1.72. The molecule has 0 heterocycles. The number of hydrogen-bond acceptors (Lipinski definition) is 3. The highest BCUT2D eigenvalue weighted by molar-refractivity contribution is 7.99. The van der Waals surface area contributed by atoms with Gasteiger partial charge in [0.1, 0.15) is 0 Å². The lowest BCUT2D eigenvalue weighted by Gasteiger charge is -2.19. The minimum absolute atomic E-state index is 0.198. The molecule has 2 N–H and O–H groups in total. The Labute approximate surface area is 128 Å². The first-order valence-corrected chi connectivity index (χ1v) is 8.39. The quantitative estimate of drug-likeness (QED) is 0.753. The highest BCUT2D eigenvalue weighted by Crippen LogP contribution is 2.25. The molecule has 114 valence electrons. The second-order valence-corrected chi connectivity index (χ2v) is 7.88. The summed E-state index contributed by atoms with van der Waals surface area (Å²) in [5, 5.41) is 13.2. The number of aliphatic hydroxyl groups is 1. The Kier molecular flexibility index (Phi) is 7.07. The van der Waals surface area contributed by atoms with Gasteiger partial charge in [-0.25, -0.2) is 0 Å². The SMILES string of the molecule is CC(C)CNCC(O)CSc1ccc(C(C)(C)C)cc1. The number of nitrogens with one attached hydrogen (secondary N) is 1. The lowest BCUT2D eigenvalue weighted by Crippen LogP contribution is -2.30. The Morgan fingerprint density at radius 1 is 1.10 bits per heavy atom. The van der Waals surface area contributed by atoms with Crippen molar-refractivity contribution in [3.05, 3.63) is 29.8 Å². The van der Waals surface area contributed by atoms with Crippen LogP contribution in [0.4, 0.5) is 0 Å². The van der Waals surface area contributed by atoms with Gasteiger partial charge in [0.15, 0.2) is 0 Å². The van der Waals surface area contributed by atoms with Crippen LogP contribution in [0.2, 0.25) is 0 Å². The Morgan fingerprint density at radius 2 is 1.70 bits per heavy atom. The second kappa shape index (κ2) is 8.06. The van der Waals surface area contributed by atoms with Crippen molar-refractivity contribution in [3.8, 4) is 0 Å². The normalized spacial score (nSPS) is 13.8. The zero-order chi connectivity index (χ0) is 15.2.